The molecule has 12 heavy (non-hydrogen) atoms. The molecule has 1 aliphatic rings. The molecule has 1 fully saturated rings. The number of aliphatic hydroxyl groups is 1. The fraction of sp³-hybridized carbons (Fsp3) is 1.00. The molecule has 0 radical (unpaired) electrons. The fourth-order valence-electron chi connectivity index (χ4n) is 1.35. The standard InChI is InChI=1S/C9H18O3/c1-3-4-5-8-6-11-9(2,7-10)12-8/h8,10H,3-7H2,1-2H3. The molecule has 0 aromatic carbocycles. The van der Waals surface area contributed by atoms with Crippen LogP contribution in [0.15, 0.2) is 0 Å². The van der Waals surface area contributed by atoms with E-state index in [1.54, 1.807) is 6.92 Å². The molecule has 0 spiro atoms. The first-order valence-corrected chi connectivity index (χ1v) is 4.63. The van der Waals surface area contributed by atoms with Crippen molar-refractivity contribution in [2.24, 2.45) is 0 Å². The van der Waals surface area contributed by atoms with Gasteiger partial charge < -0.3 is 14.6 Å². The Kier molecular flexibility index (Phi) is 3.50. The van der Waals surface area contributed by atoms with Crippen molar-refractivity contribution in [1.29, 1.82) is 0 Å². The van der Waals surface area contributed by atoms with Gasteiger partial charge in [-0.25, -0.2) is 0 Å². The van der Waals surface area contributed by atoms with Gasteiger partial charge in [-0.1, -0.05) is 19.8 Å². The van der Waals surface area contributed by atoms with Crippen molar-refractivity contribution in [1.82, 2.24) is 0 Å². The van der Waals surface area contributed by atoms with Gasteiger partial charge in [0.25, 0.3) is 0 Å². The molecule has 0 amide bonds. The second-order valence-corrected chi connectivity index (χ2v) is 3.49. The molecule has 0 aromatic rings. The average Bonchev–Trinajstić information content (AvgIpc) is 2.45. The Bertz CT molecular complexity index is 136. The van der Waals surface area contributed by atoms with Crippen molar-refractivity contribution >= 4 is 0 Å². The molecule has 3 nitrogen and oxygen atoms in total. The fourth-order valence-corrected chi connectivity index (χ4v) is 1.35. The Morgan fingerprint density at radius 2 is 2.33 bits per heavy atom. The van der Waals surface area contributed by atoms with E-state index in [0.29, 0.717) is 6.61 Å². The molecule has 1 saturated heterocycles. The third-order valence-electron chi connectivity index (χ3n) is 2.16. The Labute approximate surface area is 73.7 Å². The van der Waals surface area contributed by atoms with E-state index < -0.39 is 5.79 Å². The second kappa shape index (κ2) is 4.21. The lowest BCUT2D eigenvalue weighted by molar-refractivity contribution is -0.178. The predicted octanol–water partition coefficient (Wildman–Crippen LogP) is 1.30. The van der Waals surface area contributed by atoms with Gasteiger partial charge in [0.2, 0.25) is 0 Å². The predicted molar refractivity (Wildman–Crippen MR) is 45.8 cm³/mol. The maximum Gasteiger partial charge on any atom is 0.189 e. The number of ether oxygens (including phenoxy) is 2. The normalized spacial score (nSPS) is 35.8. The Balaban J connectivity index is 2.25. The van der Waals surface area contributed by atoms with Crippen LogP contribution in [0.4, 0.5) is 0 Å². The summed E-state index contributed by atoms with van der Waals surface area (Å²) in [5.41, 5.74) is 0. The topological polar surface area (TPSA) is 38.7 Å². The molecule has 2 atom stereocenters. The van der Waals surface area contributed by atoms with E-state index >= 15 is 0 Å². The van der Waals surface area contributed by atoms with Crippen LogP contribution in [0.3, 0.4) is 0 Å². The van der Waals surface area contributed by atoms with E-state index in [1.807, 2.05) is 0 Å². The van der Waals surface area contributed by atoms with Crippen molar-refractivity contribution in [2.75, 3.05) is 13.2 Å². The maximum absolute atomic E-state index is 8.92. The number of rotatable bonds is 4. The van der Waals surface area contributed by atoms with Crippen molar-refractivity contribution in [3.63, 3.8) is 0 Å². The molecule has 1 N–H and O–H groups in total. The molecule has 0 aliphatic carbocycles. The lowest BCUT2D eigenvalue weighted by Gasteiger charge is -2.19. The second-order valence-electron chi connectivity index (χ2n) is 3.49. The van der Waals surface area contributed by atoms with Crippen LogP contribution in [0, 0.1) is 0 Å². The van der Waals surface area contributed by atoms with Gasteiger partial charge in [-0.2, -0.15) is 0 Å². The minimum atomic E-state index is -0.738. The number of hydrogen-bond donors (Lipinski definition) is 1. The van der Waals surface area contributed by atoms with Crippen LogP contribution in [0.2, 0.25) is 0 Å². The van der Waals surface area contributed by atoms with Gasteiger partial charge in [0.15, 0.2) is 5.79 Å². The van der Waals surface area contributed by atoms with Gasteiger partial charge >= 0.3 is 0 Å². The largest absolute Gasteiger partial charge is 0.391 e. The van der Waals surface area contributed by atoms with Crippen LogP contribution >= 0.6 is 0 Å². The van der Waals surface area contributed by atoms with Gasteiger partial charge in [-0.3, -0.25) is 0 Å². The van der Waals surface area contributed by atoms with Gasteiger partial charge in [0, 0.05) is 0 Å². The monoisotopic (exact) mass is 174 g/mol. The molecule has 0 bridgehead atoms. The number of aliphatic hydroxyl groups excluding tert-OH is 1. The summed E-state index contributed by atoms with van der Waals surface area (Å²) in [4.78, 5) is 0. The van der Waals surface area contributed by atoms with Crippen LogP contribution in [0.1, 0.15) is 33.1 Å². The highest BCUT2D eigenvalue weighted by molar-refractivity contribution is 4.73. The maximum atomic E-state index is 8.92. The lowest BCUT2D eigenvalue weighted by atomic mass is 10.2. The molecule has 1 aliphatic heterocycles. The highest BCUT2D eigenvalue weighted by Crippen LogP contribution is 2.25. The Hall–Kier alpha value is -0.120. The van der Waals surface area contributed by atoms with Crippen LogP contribution in [-0.4, -0.2) is 30.2 Å². The van der Waals surface area contributed by atoms with E-state index in [-0.39, 0.29) is 12.7 Å². The summed E-state index contributed by atoms with van der Waals surface area (Å²) in [5, 5.41) is 8.92. The lowest BCUT2D eigenvalue weighted by Crippen LogP contribution is -2.31. The third-order valence-corrected chi connectivity index (χ3v) is 2.16. The molecular formula is C9H18O3. The molecule has 1 rings (SSSR count). The first-order chi connectivity index (χ1) is 5.70. The van der Waals surface area contributed by atoms with Gasteiger partial charge in [0.05, 0.1) is 19.3 Å². The molecule has 1 heterocycles. The number of hydrogen-bond acceptors (Lipinski definition) is 3. The molecule has 72 valence electrons. The first-order valence-electron chi connectivity index (χ1n) is 4.63. The zero-order valence-corrected chi connectivity index (χ0v) is 7.88. The molecular weight excluding hydrogens is 156 g/mol. The van der Waals surface area contributed by atoms with Gasteiger partial charge in [0.1, 0.15) is 0 Å². The van der Waals surface area contributed by atoms with Gasteiger partial charge in [-0.15, -0.1) is 0 Å². The smallest absolute Gasteiger partial charge is 0.189 e. The van der Waals surface area contributed by atoms with E-state index in [1.165, 1.54) is 6.42 Å². The van der Waals surface area contributed by atoms with E-state index in [2.05, 4.69) is 6.92 Å². The van der Waals surface area contributed by atoms with Gasteiger partial charge in [-0.05, 0) is 13.3 Å². The zero-order chi connectivity index (χ0) is 9.03. The van der Waals surface area contributed by atoms with Crippen LogP contribution in [0.25, 0.3) is 0 Å². The van der Waals surface area contributed by atoms with Crippen LogP contribution < -0.4 is 0 Å². The summed E-state index contributed by atoms with van der Waals surface area (Å²) in [7, 11) is 0. The summed E-state index contributed by atoms with van der Waals surface area (Å²) in [6.45, 7) is 4.49. The minimum absolute atomic E-state index is 0.0599. The Morgan fingerprint density at radius 3 is 2.83 bits per heavy atom. The summed E-state index contributed by atoms with van der Waals surface area (Å²) >= 11 is 0. The van der Waals surface area contributed by atoms with Crippen molar-refractivity contribution < 1.29 is 14.6 Å². The summed E-state index contributed by atoms with van der Waals surface area (Å²) in [6.07, 6.45) is 3.55. The van der Waals surface area contributed by atoms with E-state index in [9.17, 15) is 0 Å². The van der Waals surface area contributed by atoms with E-state index in [4.69, 9.17) is 14.6 Å². The first kappa shape index (κ1) is 9.96. The summed E-state index contributed by atoms with van der Waals surface area (Å²) in [5.74, 6) is -0.738. The van der Waals surface area contributed by atoms with Crippen molar-refractivity contribution in [2.45, 2.75) is 45.0 Å². The molecule has 2 unspecified atom stereocenters. The van der Waals surface area contributed by atoms with Crippen molar-refractivity contribution in [3.8, 4) is 0 Å². The molecule has 0 aromatic heterocycles. The summed E-state index contributed by atoms with van der Waals surface area (Å²) < 4.78 is 10.9. The zero-order valence-electron chi connectivity index (χ0n) is 7.88. The number of unbranched alkanes of at least 4 members (excludes halogenated alkanes) is 1. The van der Waals surface area contributed by atoms with E-state index in [0.717, 1.165) is 12.8 Å². The molecule has 0 saturated carbocycles. The minimum Gasteiger partial charge on any atom is -0.391 e. The summed E-state index contributed by atoms with van der Waals surface area (Å²) in [6, 6.07) is 0. The quantitative estimate of drug-likeness (QED) is 0.698. The Morgan fingerprint density at radius 1 is 1.58 bits per heavy atom. The highest BCUT2D eigenvalue weighted by atomic mass is 16.8. The molecule has 3 heteroatoms. The van der Waals surface area contributed by atoms with Crippen LogP contribution in [0.5, 0.6) is 0 Å². The SMILES string of the molecule is CCCCC1COC(C)(CO)O1. The highest BCUT2D eigenvalue weighted by Gasteiger charge is 2.35. The average molecular weight is 174 g/mol. The third kappa shape index (κ3) is 2.44. The van der Waals surface area contributed by atoms with Crippen LogP contribution in [-0.2, 0) is 9.47 Å². The van der Waals surface area contributed by atoms with Crippen molar-refractivity contribution in [3.05, 3.63) is 0 Å².